The van der Waals surface area contributed by atoms with E-state index >= 15 is 0 Å². The van der Waals surface area contributed by atoms with Gasteiger partial charge in [0, 0.05) is 31.4 Å². The fourth-order valence-electron chi connectivity index (χ4n) is 2.61. The summed E-state index contributed by atoms with van der Waals surface area (Å²) >= 11 is 0. The van der Waals surface area contributed by atoms with E-state index in [9.17, 15) is 4.39 Å². The standard InChI is InChI=1S/C10H12FN3/c11-10(9-5-12-2-3-13-9)7-14-4-1-8(10)6-14/h2-3,5,8H,1,4,6-7H2. The molecule has 2 bridgehead atoms. The molecule has 1 aromatic rings. The summed E-state index contributed by atoms with van der Waals surface area (Å²) in [5.41, 5.74) is -0.737. The SMILES string of the molecule is FC1(c2cnccn2)CN2CCC1C2. The van der Waals surface area contributed by atoms with Crippen molar-refractivity contribution in [1.82, 2.24) is 14.9 Å². The van der Waals surface area contributed by atoms with Gasteiger partial charge in [-0.15, -0.1) is 0 Å². The molecule has 3 rings (SSSR count). The molecule has 4 heteroatoms. The molecule has 3 atom stereocenters. The first-order chi connectivity index (χ1) is 6.79. The maximum Gasteiger partial charge on any atom is 0.170 e. The quantitative estimate of drug-likeness (QED) is 0.665. The molecule has 2 fully saturated rings. The zero-order chi connectivity index (χ0) is 9.60. The van der Waals surface area contributed by atoms with E-state index in [1.165, 1.54) is 0 Å². The molecule has 0 aliphatic carbocycles. The normalized spacial score (nSPS) is 40.4. The fourth-order valence-corrected chi connectivity index (χ4v) is 2.61. The van der Waals surface area contributed by atoms with Crippen LogP contribution in [0.4, 0.5) is 4.39 Å². The average molecular weight is 193 g/mol. The predicted octanol–water partition coefficient (Wildman–Crippen LogP) is 0.977. The van der Waals surface area contributed by atoms with Crippen molar-refractivity contribution < 1.29 is 4.39 Å². The van der Waals surface area contributed by atoms with Crippen LogP contribution in [0.1, 0.15) is 12.1 Å². The Morgan fingerprint density at radius 1 is 1.50 bits per heavy atom. The van der Waals surface area contributed by atoms with E-state index in [0.29, 0.717) is 12.2 Å². The highest BCUT2D eigenvalue weighted by Gasteiger charge is 2.52. The van der Waals surface area contributed by atoms with Gasteiger partial charge in [-0.3, -0.25) is 14.9 Å². The van der Waals surface area contributed by atoms with Crippen molar-refractivity contribution in [2.24, 2.45) is 5.92 Å². The Balaban J connectivity index is 1.98. The predicted molar refractivity (Wildman–Crippen MR) is 49.4 cm³/mol. The molecule has 3 nitrogen and oxygen atoms in total. The third kappa shape index (κ3) is 1.00. The van der Waals surface area contributed by atoms with E-state index in [4.69, 9.17) is 0 Å². The molecule has 3 heterocycles. The van der Waals surface area contributed by atoms with Crippen molar-refractivity contribution in [2.75, 3.05) is 19.6 Å². The van der Waals surface area contributed by atoms with E-state index in [0.717, 1.165) is 19.5 Å². The second-order valence-corrected chi connectivity index (χ2v) is 4.17. The molecule has 0 radical (unpaired) electrons. The minimum atomic E-state index is -1.24. The van der Waals surface area contributed by atoms with Crippen molar-refractivity contribution >= 4 is 0 Å². The molecule has 0 saturated carbocycles. The molecule has 1 aromatic heterocycles. The van der Waals surface area contributed by atoms with Crippen LogP contribution in [0, 0.1) is 5.92 Å². The molecule has 3 unspecified atom stereocenters. The summed E-state index contributed by atoms with van der Waals surface area (Å²) in [5, 5.41) is 0. The first-order valence-corrected chi connectivity index (χ1v) is 4.97. The highest BCUT2D eigenvalue weighted by molar-refractivity contribution is 5.17. The van der Waals surface area contributed by atoms with Crippen molar-refractivity contribution in [3.8, 4) is 0 Å². The van der Waals surface area contributed by atoms with Crippen molar-refractivity contribution in [3.05, 3.63) is 24.3 Å². The summed E-state index contributed by atoms with van der Waals surface area (Å²) in [4.78, 5) is 10.2. The number of hydrogen-bond acceptors (Lipinski definition) is 3. The van der Waals surface area contributed by atoms with Gasteiger partial charge in [0.25, 0.3) is 0 Å². The molecule has 0 aromatic carbocycles. The summed E-state index contributed by atoms with van der Waals surface area (Å²) in [6.45, 7) is 2.42. The number of halogens is 1. The lowest BCUT2D eigenvalue weighted by molar-refractivity contribution is 0.0861. The number of rotatable bonds is 1. The van der Waals surface area contributed by atoms with E-state index in [1.807, 2.05) is 0 Å². The number of hydrogen-bond donors (Lipinski definition) is 0. The Morgan fingerprint density at radius 3 is 3.00 bits per heavy atom. The van der Waals surface area contributed by atoms with Crippen molar-refractivity contribution in [3.63, 3.8) is 0 Å². The number of aromatic nitrogens is 2. The average Bonchev–Trinajstić information content (AvgIpc) is 2.79. The van der Waals surface area contributed by atoms with Gasteiger partial charge in [0.15, 0.2) is 5.67 Å². The molecule has 74 valence electrons. The van der Waals surface area contributed by atoms with Gasteiger partial charge in [-0.05, 0) is 13.0 Å². The van der Waals surface area contributed by atoms with E-state index in [-0.39, 0.29) is 5.92 Å². The highest BCUT2D eigenvalue weighted by atomic mass is 19.1. The Morgan fingerprint density at radius 2 is 2.43 bits per heavy atom. The monoisotopic (exact) mass is 193 g/mol. The highest BCUT2D eigenvalue weighted by Crippen LogP contribution is 2.45. The number of fused-ring (bicyclic) bond motifs is 2. The Kier molecular flexibility index (Phi) is 1.62. The van der Waals surface area contributed by atoms with Crippen molar-refractivity contribution in [1.29, 1.82) is 0 Å². The Labute approximate surface area is 82.0 Å². The van der Waals surface area contributed by atoms with Gasteiger partial charge in [0.05, 0.1) is 11.9 Å². The Bertz CT molecular complexity index is 342. The zero-order valence-electron chi connectivity index (χ0n) is 7.86. The summed E-state index contributed by atoms with van der Waals surface area (Å²) in [6, 6.07) is 0. The fraction of sp³-hybridized carbons (Fsp3) is 0.600. The third-order valence-electron chi connectivity index (χ3n) is 3.36. The molecule has 0 amide bonds. The van der Waals surface area contributed by atoms with Gasteiger partial charge in [0.2, 0.25) is 0 Å². The van der Waals surface area contributed by atoms with Gasteiger partial charge in [-0.25, -0.2) is 4.39 Å². The van der Waals surface area contributed by atoms with Crippen molar-refractivity contribution in [2.45, 2.75) is 12.1 Å². The lowest BCUT2D eigenvalue weighted by Gasteiger charge is -2.28. The van der Waals surface area contributed by atoms with Crippen LogP contribution in [-0.4, -0.2) is 34.5 Å². The maximum absolute atomic E-state index is 14.6. The number of nitrogens with zero attached hydrogens (tertiary/aromatic N) is 3. The van der Waals surface area contributed by atoms with Gasteiger partial charge in [0.1, 0.15) is 0 Å². The first-order valence-electron chi connectivity index (χ1n) is 4.97. The third-order valence-corrected chi connectivity index (χ3v) is 3.36. The van der Waals surface area contributed by atoms with Crippen LogP contribution in [-0.2, 0) is 5.67 Å². The van der Waals surface area contributed by atoms with Crippen LogP contribution >= 0.6 is 0 Å². The second-order valence-electron chi connectivity index (χ2n) is 4.17. The van der Waals surface area contributed by atoms with Crippen LogP contribution in [0.25, 0.3) is 0 Å². The van der Waals surface area contributed by atoms with Crippen LogP contribution < -0.4 is 0 Å². The van der Waals surface area contributed by atoms with Crippen LogP contribution in [0.5, 0.6) is 0 Å². The van der Waals surface area contributed by atoms with E-state index < -0.39 is 5.67 Å². The van der Waals surface area contributed by atoms with E-state index in [1.54, 1.807) is 18.6 Å². The Hall–Kier alpha value is -1.03. The summed E-state index contributed by atoms with van der Waals surface area (Å²) < 4.78 is 14.6. The molecule has 2 aliphatic rings. The number of piperidine rings is 1. The molecule has 0 N–H and O–H groups in total. The summed E-state index contributed by atoms with van der Waals surface area (Å²) in [6.07, 6.45) is 5.66. The molecular weight excluding hydrogens is 181 g/mol. The van der Waals surface area contributed by atoms with Crippen LogP contribution in [0.2, 0.25) is 0 Å². The topological polar surface area (TPSA) is 29.0 Å². The first kappa shape index (κ1) is 8.29. The van der Waals surface area contributed by atoms with Crippen LogP contribution in [0.3, 0.4) is 0 Å². The largest absolute Gasteiger partial charge is 0.299 e. The molecule has 14 heavy (non-hydrogen) atoms. The van der Waals surface area contributed by atoms with Crippen LogP contribution in [0.15, 0.2) is 18.6 Å². The molecule has 2 aliphatic heterocycles. The van der Waals surface area contributed by atoms with Gasteiger partial charge in [-0.1, -0.05) is 0 Å². The lowest BCUT2D eigenvalue weighted by atomic mass is 9.87. The van der Waals surface area contributed by atoms with E-state index in [2.05, 4.69) is 14.9 Å². The second kappa shape index (κ2) is 2.73. The minimum absolute atomic E-state index is 0.124. The molecular formula is C10H12FN3. The smallest absolute Gasteiger partial charge is 0.170 e. The lowest BCUT2D eigenvalue weighted by Crippen LogP contribution is -2.36. The zero-order valence-corrected chi connectivity index (χ0v) is 7.86. The maximum atomic E-state index is 14.6. The molecule has 0 spiro atoms. The van der Waals surface area contributed by atoms with Gasteiger partial charge < -0.3 is 0 Å². The van der Waals surface area contributed by atoms with Gasteiger partial charge in [-0.2, -0.15) is 0 Å². The van der Waals surface area contributed by atoms with Gasteiger partial charge >= 0.3 is 0 Å². The summed E-state index contributed by atoms with van der Waals surface area (Å²) in [5.74, 6) is 0.124. The number of alkyl halides is 1. The molecule has 2 saturated heterocycles. The summed E-state index contributed by atoms with van der Waals surface area (Å²) in [7, 11) is 0. The minimum Gasteiger partial charge on any atom is -0.299 e.